The third kappa shape index (κ3) is 6.25. The van der Waals surface area contributed by atoms with Crippen LogP contribution in [0, 0.1) is 17.8 Å². The molecule has 35 heavy (non-hydrogen) atoms. The summed E-state index contributed by atoms with van der Waals surface area (Å²) in [6, 6.07) is 9.51. The third-order valence-electron chi connectivity index (χ3n) is 8.76. The fraction of sp³-hybridized carbons (Fsp3) is 0.767. The van der Waals surface area contributed by atoms with E-state index in [1.54, 1.807) is 0 Å². The van der Waals surface area contributed by atoms with E-state index in [1.165, 1.54) is 31.2 Å². The number of amides is 1. The molecule has 0 bridgehead atoms. The largest absolute Gasteiger partial charge is 0.341 e. The molecule has 0 radical (unpaired) electrons. The number of benzene rings is 1. The molecular formula is C30H48ClN3O. The molecule has 2 heterocycles. The monoisotopic (exact) mass is 501 g/mol. The van der Waals surface area contributed by atoms with Crippen molar-refractivity contribution >= 4 is 17.5 Å². The Kier molecular flexibility index (Phi) is 8.55. The smallest absolute Gasteiger partial charge is 0.227 e. The van der Waals surface area contributed by atoms with Crippen LogP contribution >= 0.6 is 11.6 Å². The van der Waals surface area contributed by atoms with E-state index in [9.17, 15) is 4.79 Å². The van der Waals surface area contributed by atoms with Gasteiger partial charge in [0.1, 0.15) is 0 Å². The van der Waals surface area contributed by atoms with Crippen molar-refractivity contribution < 1.29 is 4.79 Å². The molecule has 1 aromatic rings. The van der Waals surface area contributed by atoms with Crippen LogP contribution in [0.15, 0.2) is 24.3 Å². The highest BCUT2D eigenvalue weighted by atomic mass is 35.5. The molecule has 196 valence electrons. The number of carbonyl (C=O) groups excluding carboxylic acids is 1. The summed E-state index contributed by atoms with van der Waals surface area (Å²) in [6.07, 6.45) is 7.39. The topological polar surface area (TPSA) is 26.8 Å². The summed E-state index contributed by atoms with van der Waals surface area (Å²) in [7, 11) is 0. The van der Waals surface area contributed by atoms with Crippen LogP contribution in [0.1, 0.15) is 91.7 Å². The molecule has 3 aliphatic rings. The van der Waals surface area contributed by atoms with Gasteiger partial charge in [-0.15, -0.1) is 0 Å². The Morgan fingerprint density at radius 1 is 1.00 bits per heavy atom. The average molecular weight is 502 g/mol. The van der Waals surface area contributed by atoms with Gasteiger partial charge in [0, 0.05) is 54.9 Å². The fourth-order valence-electron chi connectivity index (χ4n) is 6.91. The lowest BCUT2D eigenvalue weighted by Crippen LogP contribution is -2.48. The molecule has 1 amide bonds. The summed E-state index contributed by atoms with van der Waals surface area (Å²) in [4.78, 5) is 21.6. The quantitative estimate of drug-likeness (QED) is 0.437. The second kappa shape index (κ2) is 11.1. The van der Waals surface area contributed by atoms with Gasteiger partial charge in [-0.3, -0.25) is 14.6 Å². The Bertz CT molecular complexity index is 840. The summed E-state index contributed by atoms with van der Waals surface area (Å²) < 4.78 is 0. The predicted molar refractivity (Wildman–Crippen MR) is 147 cm³/mol. The minimum Gasteiger partial charge on any atom is -0.341 e. The van der Waals surface area contributed by atoms with Gasteiger partial charge in [0.2, 0.25) is 5.91 Å². The maximum absolute atomic E-state index is 14.0. The second-order valence-corrected chi connectivity index (χ2v) is 13.4. The number of hydrogen-bond acceptors (Lipinski definition) is 3. The Balaban J connectivity index is 1.49. The number of hydrogen-bond donors (Lipinski definition) is 0. The minimum absolute atomic E-state index is 0.0130. The van der Waals surface area contributed by atoms with Crippen molar-refractivity contribution in [3.63, 3.8) is 0 Å². The normalized spacial score (nSPS) is 30.5. The van der Waals surface area contributed by atoms with Gasteiger partial charge in [-0.2, -0.15) is 0 Å². The minimum atomic E-state index is 0.0130. The van der Waals surface area contributed by atoms with Gasteiger partial charge in [0.05, 0.1) is 5.92 Å². The van der Waals surface area contributed by atoms with Crippen molar-refractivity contribution in [2.75, 3.05) is 26.2 Å². The van der Waals surface area contributed by atoms with Crippen LogP contribution in [0.5, 0.6) is 0 Å². The van der Waals surface area contributed by atoms with E-state index in [-0.39, 0.29) is 17.5 Å². The van der Waals surface area contributed by atoms with Crippen molar-refractivity contribution in [2.24, 2.45) is 17.8 Å². The maximum Gasteiger partial charge on any atom is 0.227 e. The van der Waals surface area contributed by atoms with Gasteiger partial charge in [0.25, 0.3) is 0 Å². The molecule has 2 aliphatic heterocycles. The molecule has 4 nitrogen and oxygen atoms in total. The molecule has 1 aromatic carbocycles. The van der Waals surface area contributed by atoms with Crippen molar-refractivity contribution in [3.8, 4) is 0 Å². The number of nitrogens with zero attached hydrogens (tertiary/aromatic N) is 3. The highest BCUT2D eigenvalue weighted by Crippen LogP contribution is 2.43. The first-order valence-corrected chi connectivity index (χ1v) is 14.5. The highest BCUT2D eigenvalue weighted by Gasteiger charge is 2.46. The first-order valence-electron chi connectivity index (χ1n) is 14.1. The molecule has 1 unspecified atom stereocenters. The van der Waals surface area contributed by atoms with Crippen LogP contribution < -0.4 is 0 Å². The number of likely N-dealkylation sites (tertiary alicyclic amines) is 2. The van der Waals surface area contributed by atoms with E-state index >= 15 is 0 Å². The lowest BCUT2D eigenvalue weighted by molar-refractivity contribution is -0.136. The summed E-state index contributed by atoms with van der Waals surface area (Å²) in [6.45, 7) is 17.8. The summed E-state index contributed by atoms with van der Waals surface area (Å²) >= 11 is 6.21. The van der Waals surface area contributed by atoms with Crippen LogP contribution in [0.25, 0.3) is 0 Å². The van der Waals surface area contributed by atoms with E-state index in [0.717, 1.165) is 50.0 Å². The first-order chi connectivity index (χ1) is 16.5. The van der Waals surface area contributed by atoms with Crippen LogP contribution in [0.2, 0.25) is 5.02 Å². The Morgan fingerprint density at radius 3 is 2.26 bits per heavy atom. The molecule has 0 spiro atoms. The van der Waals surface area contributed by atoms with Crippen molar-refractivity contribution in [1.82, 2.24) is 14.7 Å². The van der Waals surface area contributed by atoms with E-state index in [0.29, 0.717) is 23.9 Å². The molecule has 0 aromatic heterocycles. The molecular weight excluding hydrogens is 454 g/mol. The SMILES string of the molecule is CC(C)CN(C1CCC(C)CC1)[C@H]1CCN(C(=O)[C@H]2CCN(C(C)(C)C)C2c2ccc(Cl)cc2)C1. The van der Waals surface area contributed by atoms with E-state index in [1.807, 2.05) is 12.1 Å². The Hall–Kier alpha value is -1.10. The van der Waals surface area contributed by atoms with Gasteiger partial charge in [-0.25, -0.2) is 0 Å². The molecule has 3 atom stereocenters. The molecule has 1 saturated carbocycles. The number of carbonyl (C=O) groups is 1. The molecule has 4 rings (SSSR count). The van der Waals surface area contributed by atoms with Gasteiger partial charge in [0.15, 0.2) is 0 Å². The summed E-state index contributed by atoms with van der Waals surface area (Å²) in [5.41, 5.74) is 1.23. The lowest BCUT2D eigenvalue weighted by Gasteiger charge is -2.41. The Morgan fingerprint density at radius 2 is 1.66 bits per heavy atom. The first kappa shape index (κ1) is 26.9. The maximum atomic E-state index is 14.0. The van der Waals surface area contributed by atoms with Crippen LogP contribution in [0.4, 0.5) is 0 Å². The summed E-state index contributed by atoms with van der Waals surface area (Å²) in [5.74, 6) is 1.90. The average Bonchev–Trinajstić information content (AvgIpc) is 3.46. The zero-order valence-corrected chi connectivity index (χ0v) is 23.7. The molecule has 0 N–H and O–H groups in total. The van der Waals surface area contributed by atoms with Crippen LogP contribution in [0.3, 0.4) is 0 Å². The standard InChI is InChI=1S/C30H48ClN3O/c1-21(2)19-33(25-13-7-22(3)8-14-25)26-15-17-32(20-26)29(35)27-16-18-34(30(4,5)6)28(27)23-9-11-24(31)12-10-23/h9-12,21-22,25-28H,7-8,13-20H2,1-6H3/t22?,25?,26-,27-,28?/m0/s1. The van der Waals surface area contributed by atoms with Crippen molar-refractivity contribution in [1.29, 1.82) is 0 Å². The molecule has 5 heteroatoms. The molecule has 1 aliphatic carbocycles. The van der Waals surface area contributed by atoms with Crippen LogP contribution in [-0.2, 0) is 4.79 Å². The van der Waals surface area contributed by atoms with Gasteiger partial charge < -0.3 is 4.90 Å². The van der Waals surface area contributed by atoms with E-state index in [4.69, 9.17) is 11.6 Å². The lowest BCUT2D eigenvalue weighted by atomic mass is 9.85. The van der Waals surface area contributed by atoms with E-state index in [2.05, 4.69) is 68.4 Å². The summed E-state index contributed by atoms with van der Waals surface area (Å²) in [5, 5.41) is 0.752. The van der Waals surface area contributed by atoms with Gasteiger partial charge >= 0.3 is 0 Å². The van der Waals surface area contributed by atoms with Gasteiger partial charge in [-0.1, -0.05) is 44.5 Å². The Labute approximate surface area is 219 Å². The zero-order chi connectivity index (χ0) is 25.3. The number of halogens is 1. The third-order valence-corrected chi connectivity index (χ3v) is 9.01. The predicted octanol–water partition coefficient (Wildman–Crippen LogP) is 6.64. The molecule has 2 saturated heterocycles. The fourth-order valence-corrected chi connectivity index (χ4v) is 7.04. The number of rotatable bonds is 6. The second-order valence-electron chi connectivity index (χ2n) is 13.0. The molecule has 3 fully saturated rings. The van der Waals surface area contributed by atoms with Crippen molar-refractivity contribution in [3.05, 3.63) is 34.9 Å². The van der Waals surface area contributed by atoms with Crippen LogP contribution in [-0.4, -0.2) is 64.4 Å². The van der Waals surface area contributed by atoms with E-state index < -0.39 is 0 Å². The van der Waals surface area contributed by atoms with Gasteiger partial charge in [-0.05, 0) is 88.8 Å². The zero-order valence-electron chi connectivity index (χ0n) is 23.0. The van der Waals surface area contributed by atoms with Crippen molar-refractivity contribution in [2.45, 2.75) is 104 Å². The highest BCUT2D eigenvalue weighted by molar-refractivity contribution is 6.30.